The molecule has 2 heterocycles. The minimum atomic E-state index is -0.375. The molecular weight excluding hydrogens is 332 g/mol. The molecule has 2 aromatic rings. The predicted molar refractivity (Wildman–Crippen MR) is 102 cm³/mol. The van der Waals surface area contributed by atoms with E-state index in [-0.39, 0.29) is 6.03 Å². The third kappa shape index (κ3) is 4.60. The van der Waals surface area contributed by atoms with Gasteiger partial charge in [0, 0.05) is 32.2 Å². The third-order valence-corrected chi connectivity index (χ3v) is 4.16. The van der Waals surface area contributed by atoms with E-state index in [1.807, 2.05) is 25.1 Å². The number of likely N-dealkylation sites (N-methyl/N-ethyl adjacent to an activating group) is 1. The highest BCUT2D eigenvalue weighted by Crippen LogP contribution is 2.24. The van der Waals surface area contributed by atoms with Crippen molar-refractivity contribution in [1.29, 1.82) is 0 Å². The van der Waals surface area contributed by atoms with E-state index in [1.165, 1.54) is 6.33 Å². The lowest BCUT2D eigenvalue weighted by Gasteiger charge is -2.33. The number of rotatable bonds is 5. The van der Waals surface area contributed by atoms with Crippen molar-refractivity contribution in [3.63, 3.8) is 0 Å². The summed E-state index contributed by atoms with van der Waals surface area (Å²) in [6, 6.07) is 8.73. The number of aromatic nitrogens is 2. The van der Waals surface area contributed by atoms with Gasteiger partial charge >= 0.3 is 6.03 Å². The Bertz CT molecular complexity index is 746. The number of piperazine rings is 1. The maximum Gasteiger partial charge on any atom is 0.324 e. The molecule has 0 radical (unpaired) electrons. The van der Waals surface area contributed by atoms with E-state index in [1.54, 1.807) is 12.1 Å². The minimum absolute atomic E-state index is 0.375. The number of para-hydroxylation sites is 2. The molecule has 1 aliphatic rings. The van der Waals surface area contributed by atoms with E-state index in [0.29, 0.717) is 23.9 Å². The molecule has 8 heteroatoms. The molecule has 2 N–H and O–H groups in total. The smallest absolute Gasteiger partial charge is 0.324 e. The van der Waals surface area contributed by atoms with E-state index in [4.69, 9.17) is 4.74 Å². The Morgan fingerprint density at radius 2 is 1.92 bits per heavy atom. The molecule has 1 aromatic heterocycles. The molecule has 0 spiro atoms. The lowest BCUT2D eigenvalue weighted by Crippen LogP contribution is -2.44. The number of nitrogens with zero attached hydrogens (tertiary/aromatic N) is 4. The topological polar surface area (TPSA) is 82.6 Å². The Hall–Kier alpha value is -2.87. The summed E-state index contributed by atoms with van der Waals surface area (Å²) < 4.78 is 5.52. The van der Waals surface area contributed by atoms with Crippen LogP contribution in [0.3, 0.4) is 0 Å². The van der Waals surface area contributed by atoms with Gasteiger partial charge in [0.15, 0.2) is 0 Å². The van der Waals surface area contributed by atoms with Crippen molar-refractivity contribution in [3.8, 4) is 5.75 Å². The van der Waals surface area contributed by atoms with Crippen LogP contribution in [0, 0.1) is 0 Å². The van der Waals surface area contributed by atoms with Gasteiger partial charge in [0.2, 0.25) is 0 Å². The zero-order valence-corrected chi connectivity index (χ0v) is 15.1. The van der Waals surface area contributed by atoms with Gasteiger partial charge in [-0.2, -0.15) is 0 Å². The maximum atomic E-state index is 12.3. The van der Waals surface area contributed by atoms with Crippen molar-refractivity contribution in [3.05, 3.63) is 36.7 Å². The van der Waals surface area contributed by atoms with E-state index in [9.17, 15) is 4.79 Å². The molecule has 0 unspecified atom stereocenters. The number of urea groups is 1. The Balaban J connectivity index is 1.64. The molecule has 8 nitrogen and oxygen atoms in total. The Morgan fingerprint density at radius 1 is 1.15 bits per heavy atom. The highest BCUT2D eigenvalue weighted by atomic mass is 16.5. The van der Waals surface area contributed by atoms with Crippen molar-refractivity contribution in [1.82, 2.24) is 14.9 Å². The SMILES string of the molecule is CCOc1ccccc1NC(=O)Nc1cc(N2CCN(C)CC2)ncn1. The molecule has 3 rings (SSSR count). The predicted octanol–water partition coefficient (Wildman–Crippen LogP) is 2.27. The molecule has 1 fully saturated rings. The number of carbonyl (C=O) groups excluding carboxylic acids is 1. The molecule has 2 amide bonds. The quantitative estimate of drug-likeness (QED) is 0.855. The second kappa shape index (κ2) is 8.48. The number of ether oxygens (including phenoxy) is 1. The van der Waals surface area contributed by atoms with Gasteiger partial charge < -0.3 is 19.9 Å². The number of carbonyl (C=O) groups is 1. The van der Waals surface area contributed by atoms with E-state index in [2.05, 4.69) is 37.4 Å². The largest absolute Gasteiger partial charge is 0.492 e. The number of hydrogen-bond acceptors (Lipinski definition) is 6. The number of nitrogens with one attached hydrogen (secondary N) is 2. The van der Waals surface area contributed by atoms with Crippen molar-refractivity contribution in [2.75, 3.05) is 55.4 Å². The van der Waals surface area contributed by atoms with Gasteiger partial charge in [-0.1, -0.05) is 12.1 Å². The highest BCUT2D eigenvalue weighted by Gasteiger charge is 2.16. The Morgan fingerprint density at radius 3 is 2.69 bits per heavy atom. The Labute approximate surface area is 153 Å². The molecule has 0 atom stereocenters. The van der Waals surface area contributed by atoms with Crippen molar-refractivity contribution in [2.45, 2.75) is 6.92 Å². The van der Waals surface area contributed by atoms with Crippen LogP contribution in [0.2, 0.25) is 0 Å². The van der Waals surface area contributed by atoms with Crippen LogP contribution in [0.4, 0.5) is 22.1 Å². The zero-order valence-electron chi connectivity index (χ0n) is 15.1. The molecule has 1 aromatic carbocycles. The first-order valence-corrected chi connectivity index (χ1v) is 8.71. The van der Waals surface area contributed by atoms with Crippen LogP contribution >= 0.6 is 0 Å². The molecule has 1 aliphatic heterocycles. The summed E-state index contributed by atoms with van der Waals surface area (Å²) in [6.45, 7) is 6.21. The zero-order chi connectivity index (χ0) is 18.4. The van der Waals surface area contributed by atoms with Gasteiger partial charge in [0.05, 0.1) is 12.3 Å². The molecule has 138 valence electrons. The molecule has 0 bridgehead atoms. The molecule has 0 saturated carbocycles. The number of hydrogen-bond donors (Lipinski definition) is 2. The van der Waals surface area contributed by atoms with Crippen LogP contribution in [-0.2, 0) is 0 Å². The van der Waals surface area contributed by atoms with Crippen LogP contribution < -0.4 is 20.3 Å². The fraction of sp³-hybridized carbons (Fsp3) is 0.389. The van der Waals surface area contributed by atoms with Gasteiger partial charge in [-0.05, 0) is 26.1 Å². The summed E-state index contributed by atoms with van der Waals surface area (Å²) in [5, 5.41) is 5.55. The first-order chi connectivity index (χ1) is 12.7. The summed E-state index contributed by atoms with van der Waals surface area (Å²) in [4.78, 5) is 25.2. The number of anilines is 3. The lowest BCUT2D eigenvalue weighted by atomic mass is 10.3. The first kappa shape index (κ1) is 17.9. The normalized spacial score (nSPS) is 14.8. The Kier molecular flexibility index (Phi) is 5.85. The van der Waals surface area contributed by atoms with Gasteiger partial charge in [0.25, 0.3) is 0 Å². The van der Waals surface area contributed by atoms with Crippen molar-refractivity contribution >= 4 is 23.4 Å². The van der Waals surface area contributed by atoms with Crippen molar-refractivity contribution < 1.29 is 9.53 Å². The molecular formula is C18H24N6O2. The summed E-state index contributed by atoms with van der Waals surface area (Å²) in [7, 11) is 2.11. The third-order valence-electron chi connectivity index (χ3n) is 4.16. The van der Waals surface area contributed by atoms with Crippen molar-refractivity contribution in [2.24, 2.45) is 0 Å². The standard InChI is InChI=1S/C18H24N6O2/c1-3-26-15-7-5-4-6-14(15)21-18(25)22-16-12-17(20-13-19-16)24-10-8-23(2)9-11-24/h4-7,12-13H,3,8-11H2,1-2H3,(H2,19,20,21,22,25). The minimum Gasteiger partial charge on any atom is -0.492 e. The molecule has 1 saturated heterocycles. The first-order valence-electron chi connectivity index (χ1n) is 8.71. The van der Waals surface area contributed by atoms with Crippen LogP contribution in [0.1, 0.15) is 6.92 Å². The fourth-order valence-electron chi connectivity index (χ4n) is 2.75. The number of benzene rings is 1. The lowest BCUT2D eigenvalue weighted by molar-refractivity contribution is 0.262. The fourth-order valence-corrected chi connectivity index (χ4v) is 2.75. The van der Waals surface area contributed by atoms with Crippen LogP contribution in [0.5, 0.6) is 5.75 Å². The molecule has 26 heavy (non-hydrogen) atoms. The highest BCUT2D eigenvalue weighted by molar-refractivity contribution is 6.00. The maximum absolute atomic E-state index is 12.3. The summed E-state index contributed by atoms with van der Waals surface area (Å²) >= 11 is 0. The van der Waals surface area contributed by atoms with Gasteiger partial charge in [-0.3, -0.25) is 5.32 Å². The van der Waals surface area contributed by atoms with Gasteiger partial charge in [0.1, 0.15) is 23.7 Å². The monoisotopic (exact) mass is 356 g/mol. The van der Waals surface area contributed by atoms with Gasteiger partial charge in [-0.15, -0.1) is 0 Å². The van der Waals surface area contributed by atoms with Crippen LogP contribution in [-0.4, -0.2) is 60.7 Å². The summed E-state index contributed by atoms with van der Waals surface area (Å²) in [5.74, 6) is 1.91. The average molecular weight is 356 g/mol. The summed E-state index contributed by atoms with van der Waals surface area (Å²) in [5.41, 5.74) is 0.611. The number of amides is 2. The average Bonchev–Trinajstić information content (AvgIpc) is 2.64. The van der Waals surface area contributed by atoms with E-state index in [0.717, 1.165) is 32.0 Å². The van der Waals surface area contributed by atoms with E-state index < -0.39 is 0 Å². The summed E-state index contributed by atoms with van der Waals surface area (Å²) in [6.07, 6.45) is 1.47. The van der Waals surface area contributed by atoms with Crippen LogP contribution in [0.25, 0.3) is 0 Å². The van der Waals surface area contributed by atoms with E-state index >= 15 is 0 Å². The second-order valence-corrected chi connectivity index (χ2v) is 6.06. The second-order valence-electron chi connectivity index (χ2n) is 6.06. The van der Waals surface area contributed by atoms with Gasteiger partial charge in [-0.25, -0.2) is 14.8 Å². The van der Waals surface area contributed by atoms with Crippen LogP contribution in [0.15, 0.2) is 36.7 Å². The molecule has 0 aliphatic carbocycles.